The minimum absolute atomic E-state index is 0.103. The smallest absolute Gasteiger partial charge is 0.246 e. The van der Waals surface area contributed by atoms with Crippen LogP contribution in [0.4, 0.5) is 0 Å². The molecule has 1 unspecified atom stereocenters. The Hall–Kier alpha value is -1.69. The largest absolute Gasteiger partial charge is 0.297 e. The second-order valence-corrected chi connectivity index (χ2v) is 7.94. The van der Waals surface area contributed by atoms with E-state index >= 15 is 0 Å². The maximum absolute atomic E-state index is 12.0. The quantitative estimate of drug-likeness (QED) is 0.883. The molecule has 2 aromatic heterocycles. The van der Waals surface area contributed by atoms with Crippen LogP contribution in [0.5, 0.6) is 0 Å². The molecule has 22 heavy (non-hydrogen) atoms. The van der Waals surface area contributed by atoms with Crippen LogP contribution in [0.2, 0.25) is 0 Å². The number of nitrogens with zero attached hydrogens (tertiary/aromatic N) is 3. The average Bonchev–Trinajstić information content (AvgIpc) is 2.94. The molecule has 1 fully saturated rings. The highest BCUT2D eigenvalue weighted by Gasteiger charge is 2.29. The van der Waals surface area contributed by atoms with Gasteiger partial charge in [0.25, 0.3) is 0 Å². The molecule has 3 rings (SSSR count). The van der Waals surface area contributed by atoms with Crippen molar-refractivity contribution in [1.82, 2.24) is 14.8 Å². The molecule has 0 aromatic carbocycles. The summed E-state index contributed by atoms with van der Waals surface area (Å²) in [5, 5.41) is 6.33. The van der Waals surface area contributed by atoms with Gasteiger partial charge in [-0.15, -0.1) is 11.3 Å². The highest BCUT2D eigenvalue weighted by atomic mass is 32.1. The zero-order valence-electron chi connectivity index (χ0n) is 13.3. The molecule has 1 saturated carbocycles. The van der Waals surface area contributed by atoms with Crippen LogP contribution in [0.15, 0.2) is 22.9 Å². The molecule has 1 aliphatic rings. The van der Waals surface area contributed by atoms with Crippen molar-refractivity contribution in [3.8, 4) is 0 Å². The number of imidazole rings is 1. The monoisotopic (exact) mass is 318 g/mol. The summed E-state index contributed by atoms with van der Waals surface area (Å²) < 4.78 is 1.94. The van der Waals surface area contributed by atoms with Crippen LogP contribution in [0, 0.1) is 11.3 Å². The Kier molecular flexibility index (Phi) is 4.04. The standard InChI is InChI=1S/C16H22N4OS/c1-11-6-12(9-16(2,3)8-11)18-19-14(21)7-13-10-20-4-5-22-15(20)17-13/h4-5,10-11H,6-9H2,1-3H3,(H,19,21)/b18-12+. The number of hydrazone groups is 1. The van der Waals surface area contributed by atoms with Crippen molar-refractivity contribution in [3.63, 3.8) is 0 Å². The van der Waals surface area contributed by atoms with Crippen LogP contribution < -0.4 is 5.43 Å². The first-order valence-corrected chi connectivity index (χ1v) is 8.55. The number of rotatable bonds is 3. The molecule has 0 saturated heterocycles. The zero-order chi connectivity index (χ0) is 15.7. The average molecular weight is 318 g/mol. The van der Waals surface area contributed by atoms with Crippen molar-refractivity contribution < 1.29 is 4.79 Å². The second-order valence-electron chi connectivity index (χ2n) is 7.07. The van der Waals surface area contributed by atoms with Gasteiger partial charge in [-0.05, 0) is 30.6 Å². The third-order valence-corrected chi connectivity index (χ3v) is 4.76. The first kappa shape index (κ1) is 15.2. The van der Waals surface area contributed by atoms with Gasteiger partial charge in [0.2, 0.25) is 5.91 Å². The van der Waals surface area contributed by atoms with E-state index in [0.717, 1.165) is 29.2 Å². The minimum Gasteiger partial charge on any atom is -0.297 e. The lowest BCUT2D eigenvalue weighted by Gasteiger charge is -2.34. The molecule has 5 nitrogen and oxygen atoms in total. The molecular weight excluding hydrogens is 296 g/mol. The number of hydrogen-bond acceptors (Lipinski definition) is 4. The fourth-order valence-corrected chi connectivity index (χ4v) is 4.13. The molecule has 118 valence electrons. The lowest BCUT2D eigenvalue weighted by atomic mass is 9.72. The second kappa shape index (κ2) is 5.83. The van der Waals surface area contributed by atoms with Gasteiger partial charge in [0.15, 0.2) is 4.96 Å². The van der Waals surface area contributed by atoms with Crippen molar-refractivity contribution >= 4 is 27.9 Å². The van der Waals surface area contributed by atoms with Crippen LogP contribution in [0.1, 0.15) is 45.7 Å². The first-order chi connectivity index (χ1) is 10.4. The number of hydrogen-bond donors (Lipinski definition) is 1. The lowest BCUT2D eigenvalue weighted by Crippen LogP contribution is -2.30. The Morgan fingerprint density at radius 2 is 2.41 bits per heavy atom. The Morgan fingerprint density at radius 3 is 3.14 bits per heavy atom. The van der Waals surface area contributed by atoms with Crippen LogP contribution in [0.3, 0.4) is 0 Å². The Balaban J connectivity index is 1.59. The van der Waals surface area contributed by atoms with Crippen LogP contribution in [-0.4, -0.2) is 21.0 Å². The molecule has 0 aliphatic heterocycles. The molecule has 1 N–H and O–H groups in total. The van der Waals surface area contributed by atoms with Gasteiger partial charge >= 0.3 is 0 Å². The van der Waals surface area contributed by atoms with E-state index < -0.39 is 0 Å². The normalized spacial score (nSPS) is 23.0. The van der Waals surface area contributed by atoms with Gasteiger partial charge in [-0.3, -0.25) is 9.20 Å². The molecule has 0 bridgehead atoms. The lowest BCUT2D eigenvalue weighted by molar-refractivity contribution is -0.120. The fraction of sp³-hybridized carbons (Fsp3) is 0.562. The van der Waals surface area contributed by atoms with Crippen LogP contribution in [-0.2, 0) is 11.2 Å². The summed E-state index contributed by atoms with van der Waals surface area (Å²) in [7, 11) is 0. The third kappa shape index (κ3) is 3.55. The van der Waals surface area contributed by atoms with Crippen molar-refractivity contribution in [2.75, 3.05) is 0 Å². The van der Waals surface area contributed by atoms with E-state index in [9.17, 15) is 4.79 Å². The zero-order valence-corrected chi connectivity index (χ0v) is 14.1. The van der Waals surface area contributed by atoms with Crippen molar-refractivity contribution in [2.24, 2.45) is 16.4 Å². The number of amides is 1. The third-order valence-electron chi connectivity index (χ3n) is 3.99. The summed E-state index contributed by atoms with van der Waals surface area (Å²) >= 11 is 1.56. The number of thiazole rings is 1. The highest BCUT2D eigenvalue weighted by Crippen LogP contribution is 2.36. The Morgan fingerprint density at radius 1 is 1.59 bits per heavy atom. The van der Waals surface area contributed by atoms with Crippen LogP contribution in [0.25, 0.3) is 4.96 Å². The fourth-order valence-electron chi connectivity index (χ4n) is 3.41. The van der Waals surface area contributed by atoms with E-state index in [-0.39, 0.29) is 17.7 Å². The Labute approximate surface area is 134 Å². The van der Waals surface area contributed by atoms with Gasteiger partial charge in [-0.25, -0.2) is 10.4 Å². The van der Waals surface area contributed by atoms with Gasteiger partial charge in [0.1, 0.15) is 0 Å². The van der Waals surface area contributed by atoms with E-state index in [1.165, 1.54) is 6.42 Å². The molecular formula is C16H22N4OS. The summed E-state index contributed by atoms with van der Waals surface area (Å²) in [5.74, 6) is 0.522. The molecule has 2 heterocycles. The van der Waals surface area contributed by atoms with E-state index in [1.54, 1.807) is 11.3 Å². The maximum Gasteiger partial charge on any atom is 0.246 e. The molecule has 0 spiro atoms. The van der Waals surface area contributed by atoms with Gasteiger partial charge in [-0.2, -0.15) is 5.10 Å². The summed E-state index contributed by atoms with van der Waals surface area (Å²) in [6, 6.07) is 0. The number of nitrogens with one attached hydrogen (secondary N) is 1. The van der Waals surface area contributed by atoms with Gasteiger partial charge < -0.3 is 0 Å². The van der Waals surface area contributed by atoms with Crippen molar-refractivity contribution in [2.45, 2.75) is 46.5 Å². The maximum atomic E-state index is 12.0. The summed E-state index contributed by atoms with van der Waals surface area (Å²) in [6.45, 7) is 6.77. The summed E-state index contributed by atoms with van der Waals surface area (Å²) in [6.07, 6.45) is 7.25. The Bertz CT molecular complexity index is 684. The van der Waals surface area contributed by atoms with E-state index in [2.05, 4.69) is 36.3 Å². The summed E-state index contributed by atoms with van der Waals surface area (Å²) in [5.41, 5.74) is 4.85. The van der Waals surface area contributed by atoms with Gasteiger partial charge in [-0.1, -0.05) is 20.8 Å². The van der Waals surface area contributed by atoms with E-state index in [0.29, 0.717) is 5.92 Å². The first-order valence-electron chi connectivity index (χ1n) is 7.67. The van der Waals surface area contributed by atoms with Crippen molar-refractivity contribution in [3.05, 3.63) is 23.5 Å². The van der Waals surface area contributed by atoms with E-state index in [4.69, 9.17) is 0 Å². The van der Waals surface area contributed by atoms with Crippen molar-refractivity contribution in [1.29, 1.82) is 0 Å². The van der Waals surface area contributed by atoms with Gasteiger partial charge in [0, 0.05) is 23.5 Å². The number of fused-ring (bicyclic) bond motifs is 1. The van der Waals surface area contributed by atoms with E-state index in [1.807, 2.05) is 22.2 Å². The molecule has 6 heteroatoms. The SMILES string of the molecule is CC1C/C(=N\NC(=O)Cc2cn3ccsc3n2)CC(C)(C)C1. The molecule has 0 radical (unpaired) electrons. The number of carbonyl (C=O) groups is 1. The molecule has 1 amide bonds. The predicted molar refractivity (Wildman–Crippen MR) is 89.1 cm³/mol. The number of carbonyl (C=O) groups excluding carboxylic acids is 1. The van der Waals surface area contributed by atoms with Gasteiger partial charge in [0.05, 0.1) is 12.1 Å². The van der Waals surface area contributed by atoms with Crippen LogP contribution >= 0.6 is 11.3 Å². The highest BCUT2D eigenvalue weighted by molar-refractivity contribution is 7.15. The predicted octanol–water partition coefficient (Wildman–Crippen LogP) is 3.26. The number of aromatic nitrogens is 2. The molecule has 1 atom stereocenters. The topological polar surface area (TPSA) is 58.8 Å². The minimum atomic E-state index is -0.103. The summed E-state index contributed by atoms with van der Waals surface area (Å²) in [4.78, 5) is 17.4. The molecule has 1 aliphatic carbocycles. The molecule has 2 aromatic rings.